The van der Waals surface area contributed by atoms with E-state index in [0.29, 0.717) is 11.4 Å². The summed E-state index contributed by atoms with van der Waals surface area (Å²) in [5.41, 5.74) is 8.15. The van der Waals surface area contributed by atoms with Crippen LogP contribution in [0.4, 0.5) is 0 Å². The molecule has 1 heterocycles. The van der Waals surface area contributed by atoms with Gasteiger partial charge in [0.1, 0.15) is 11.4 Å². The van der Waals surface area contributed by atoms with Crippen molar-refractivity contribution in [2.45, 2.75) is 20.4 Å². The monoisotopic (exact) mass is 245 g/mol. The minimum Gasteiger partial charge on any atom is -0.506 e. The van der Waals surface area contributed by atoms with Crippen LogP contribution in [-0.2, 0) is 6.54 Å². The first-order chi connectivity index (χ1) is 8.54. The van der Waals surface area contributed by atoms with Gasteiger partial charge in [0.2, 0.25) is 0 Å². The standard InChI is InChI=1S/C13H15N3O2/c1-8-4-3-5-11(9(8)2)16-13(18)6-12(17)10(7-14)15-16/h3-6,17H,7,14H2,1-2H3. The first-order valence-corrected chi connectivity index (χ1v) is 5.63. The van der Waals surface area contributed by atoms with E-state index in [-0.39, 0.29) is 17.9 Å². The molecule has 5 heteroatoms. The molecule has 1 aromatic carbocycles. The van der Waals surface area contributed by atoms with Crippen LogP contribution < -0.4 is 11.3 Å². The third-order valence-corrected chi connectivity index (χ3v) is 2.98. The molecule has 1 aromatic heterocycles. The summed E-state index contributed by atoms with van der Waals surface area (Å²) in [5.74, 6) is -0.163. The van der Waals surface area contributed by atoms with E-state index in [2.05, 4.69) is 5.10 Å². The van der Waals surface area contributed by atoms with E-state index in [1.807, 2.05) is 32.0 Å². The fraction of sp³-hybridized carbons (Fsp3) is 0.231. The fourth-order valence-electron chi connectivity index (χ4n) is 1.77. The molecule has 0 unspecified atom stereocenters. The van der Waals surface area contributed by atoms with Crippen molar-refractivity contribution in [3.8, 4) is 11.4 Å². The number of nitrogens with zero attached hydrogens (tertiary/aromatic N) is 2. The molecule has 0 spiro atoms. The second kappa shape index (κ2) is 4.62. The summed E-state index contributed by atoms with van der Waals surface area (Å²) < 4.78 is 1.27. The Morgan fingerprint density at radius 2 is 2.11 bits per heavy atom. The molecule has 0 saturated heterocycles. The molecule has 0 saturated carbocycles. The Labute approximate surface area is 104 Å². The molecule has 0 aliphatic carbocycles. The zero-order valence-electron chi connectivity index (χ0n) is 10.3. The normalized spacial score (nSPS) is 10.6. The van der Waals surface area contributed by atoms with Crippen molar-refractivity contribution < 1.29 is 5.11 Å². The predicted molar refractivity (Wildman–Crippen MR) is 68.9 cm³/mol. The maximum atomic E-state index is 11.9. The molecule has 5 nitrogen and oxygen atoms in total. The van der Waals surface area contributed by atoms with Crippen molar-refractivity contribution in [1.82, 2.24) is 9.78 Å². The highest BCUT2D eigenvalue weighted by atomic mass is 16.3. The molecular weight excluding hydrogens is 230 g/mol. The average molecular weight is 245 g/mol. The molecule has 0 radical (unpaired) electrons. The lowest BCUT2D eigenvalue weighted by Gasteiger charge is -2.11. The highest BCUT2D eigenvalue weighted by molar-refractivity contribution is 5.44. The molecule has 18 heavy (non-hydrogen) atoms. The summed E-state index contributed by atoms with van der Waals surface area (Å²) in [6.07, 6.45) is 0. The lowest BCUT2D eigenvalue weighted by molar-refractivity contribution is 0.457. The van der Waals surface area contributed by atoms with E-state index < -0.39 is 0 Å². The summed E-state index contributed by atoms with van der Waals surface area (Å²) in [6.45, 7) is 3.97. The van der Waals surface area contributed by atoms with Gasteiger partial charge in [-0.3, -0.25) is 4.79 Å². The van der Waals surface area contributed by atoms with Crippen LogP contribution in [0.2, 0.25) is 0 Å². The van der Waals surface area contributed by atoms with Crippen LogP contribution in [0.1, 0.15) is 16.8 Å². The molecule has 0 amide bonds. The van der Waals surface area contributed by atoms with Crippen molar-refractivity contribution in [2.24, 2.45) is 5.73 Å². The number of nitrogens with two attached hydrogens (primary N) is 1. The van der Waals surface area contributed by atoms with Gasteiger partial charge in [-0.05, 0) is 31.0 Å². The van der Waals surface area contributed by atoms with Gasteiger partial charge in [0.15, 0.2) is 0 Å². The van der Waals surface area contributed by atoms with Crippen molar-refractivity contribution in [3.63, 3.8) is 0 Å². The van der Waals surface area contributed by atoms with Gasteiger partial charge in [-0.1, -0.05) is 12.1 Å². The smallest absolute Gasteiger partial charge is 0.275 e. The van der Waals surface area contributed by atoms with Crippen LogP contribution in [0.25, 0.3) is 5.69 Å². The minimum absolute atomic E-state index is 0.0803. The molecule has 0 bridgehead atoms. The van der Waals surface area contributed by atoms with E-state index in [4.69, 9.17) is 5.73 Å². The van der Waals surface area contributed by atoms with Gasteiger partial charge in [-0.25, -0.2) is 0 Å². The van der Waals surface area contributed by atoms with Gasteiger partial charge in [0.05, 0.1) is 5.69 Å². The highest BCUT2D eigenvalue weighted by Crippen LogP contribution is 2.17. The predicted octanol–water partition coefficient (Wildman–Crippen LogP) is 1.01. The zero-order valence-corrected chi connectivity index (χ0v) is 10.3. The molecule has 0 aliphatic rings. The topological polar surface area (TPSA) is 81.1 Å². The Balaban J connectivity index is 2.71. The van der Waals surface area contributed by atoms with Crippen molar-refractivity contribution >= 4 is 0 Å². The fourth-order valence-corrected chi connectivity index (χ4v) is 1.77. The van der Waals surface area contributed by atoms with E-state index in [9.17, 15) is 9.90 Å². The summed E-state index contributed by atoms with van der Waals surface area (Å²) in [6, 6.07) is 6.78. The summed E-state index contributed by atoms with van der Waals surface area (Å²) in [7, 11) is 0. The van der Waals surface area contributed by atoms with Crippen LogP contribution in [0, 0.1) is 13.8 Å². The largest absolute Gasteiger partial charge is 0.506 e. The Morgan fingerprint density at radius 3 is 2.78 bits per heavy atom. The minimum atomic E-state index is -0.376. The van der Waals surface area contributed by atoms with Crippen LogP contribution in [0.3, 0.4) is 0 Å². The van der Waals surface area contributed by atoms with Gasteiger partial charge in [-0.2, -0.15) is 9.78 Å². The summed E-state index contributed by atoms with van der Waals surface area (Å²) in [5, 5.41) is 13.6. The van der Waals surface area contributed by atoms with Gasteiger partial charge in [-0.15, -0.1) is 0 Å². The van der Waals surface area contributed by atoms with E-state index in [1.54, 1.807) is 0 Å². The third-order valence-electron chi connectivity index (χ3n) is 2.98. The molecular formula is C13H15N3O2. The quantitative estimate of drug-likeness (QED) is 0.827. The first kappa shape index (κ1) is 12.3. The van der Waals surface area contributed by atoms with E-state index in [0.717, 1.165) is 17.2 Å². The van der Waals surface area contributed by atoms with Gasteiger partial charge in [0.25, 0.3) is 5.56 Å². The molecule has 0 aliphatic heterocycles. The molecule has 3 N–H and O–H groups in total. The van der Waals surface area contributed by atoms with Gasteiger partial charge < -0.3 is 10.8 Å². The second-order valence-corrected chi connectivity index (χ2v) is 4.15. The van der Waals surface area contributed by atoms with Crippen LogP contribution in [0.15, 0.2) is 29.1 Å². The molecule has 0 atom stereocenters. The van der Waals surface area contributed by atoms with Crippen LogP contribution >= 0.6 is 0 Å². The number of hydrogen-bond donors (Lipinski definition) is 2. The summed E-state index contributed by atoms with van der Waals surface area (Å²) >= 11 is 0. The number of hydrogen-bond acceptors (Lipinski definition) is 4. The van der Waals surface area contributed by atoms with Gasteiger partial charge in [0, 0.05) is 12.6 Å². The van der Waals surface area contributed by atoms with E-state index in [1.165, 1.54) is 4.68 Å². The number of aryl methyl sites for hydroxylation is 1. The molecule has 0 fully saturated rings. The number of aromatic hydroxyl groups is 1. The Hall–Kier alpha value is -2.14. The number of rotatable bonds is 2. The third kappa shape index (κ3) is 2.00. The van der Waals surface area contributed by atoms with Crippen molar-refractivity contribution in [3.05, 3.63) is 51.4 Å². The summed E-state index contributed by atoms with van der Waals surface area (Å²) in [4.78, 5) is 11.9. The Morgan fingerprint density at radius 1 is 1.39 bits per heavy atom. The maximum absolute atomic E-state index is 11.9. The maximum Gasteiger partial charge on any atom is 0.275 e. The highest BCUT2D eigenvalue weighted by Gasteiger charge is 2.10. The second-order valence-electron chi connectivity index (χ2n) is 4.15. The number of aromatic nitrogens is 2. The Bertz CT molecular complexity index is 647. The van der Waals surface area contributed by atoms with Crippen molar-refractivity contribution in [1.29, 1.82) is 0 Å². The Kier molecular flexibility index (Phi) is 3.16. The molecule has 94 valence electrons. The lowest BCUT2D eigenvalue weighted by atomic mass is 10.1. The van der Waals surface area contributed by atoms with Crippen LogP contribution in [0.5, 0.6) is 5.75 Å². The lowest BCUT2D eigenvalue weighted by Crippen LogP contribution is -2.23. The molecule has 2 aromatic rings. The first-order valence-electron chi connectivity index (χ1n) is 5.63. The van der Waals surface area contributed by atoms with Crippen molar-refractivity contribution in [2.75, 3.05) is 0 Å². The SMILES string of the molecule is Cc1cccc(-n2nc(CN)c(O)cc2=O)c1C. The number of benzene rings is 1. The zero-order chi connectivity index (χ0) is 13.3. The average Bonchev–Trinajstić information content (AvgIpc) is 2.34. The van der Waals surface area contributed by atoms with Gasteiger partial charge >= 0.3 is 0 Å². The van der Waals surface area contributed by atoms with Crippen LogP contribution in [-0.4, -0.2) is 14.9 Å². The van der Waals surface area contributed by atoms with E-state index >= 15 is 0 Å². The molecule has 2 rings (SSSR count).